The molecule has 0 saturated heterocycles. The maximum absolute atomic E-state index is 5.25. The van der Waals surface area contributed by atoms with Crippen molar-refractivity contribution in [2.75, 3.05) is 20.6 Å². The van der Waals surface area contributed by atoms with E-state index in [0.29, 0.717) is 6.54 Å². The van der Waals surface area contributed by atoms with Gasteiger partial charge in [-0.15, -0.1) is 17.0 Å². The number of halogens is 1. The Labute approximate surface area is 66.1 Å². The van der Waals surface area contributed by atoms with E-state index >= 15 is 0 Å². The first kappa shape index (κ1) is 12.0. The zero-order valence-corrected chi connectivity index (χ0v) is 7.51. The van der Waals surface area contributed by atoms with Gasteiger partial charge in [-0.25, -0.2) is 0 Å². The quantitative estimate of drug-likeness (QED) is 0.480. The third-order valence-electron chi connectivity index (χ3n) is 0.590. The van der Waals surface area contributed by atoms with E-state index in [0.717, 1.165) is 0 Å². The highest BCUT2D eigenvalue weighted by atomic mass is 79.9. The highest BCUT2D eigenvalue weighted by molar-refractivity contribution is 8.93. The maximum Gasteiger partial charge on any atom is 0.129 e. The molecule has 0 amide bonds. The molecule has 5 heteroatoms. The Morgan fingerprint density at radius 3 is 1.56 bits per heavy atom. The summed E-state index contributed by atoms with van der Waals surface area (Å²) in [5.74, 6) is -1.05. The van der Waals surface area contributed by atoms with Crippen molar-refractivity contribution in [3.63, 3.8) is 0 Å². The standard InChI is InChI=1S/C4H14N4.BrH/c1-8(2)3-4(5,6)7;/h3,5-7H2,1-2H3;1H. The fourth-order valence-electron chi connectivity index (χ4n) is 0.548. The van der Waals surface area contributed by atoms with Crippen LogP contribution < -0.4 is 17.2 Å². The van der Waals surface area contributed by atoms with Crippen molar-refractivity contribution in [3.8, 4) is 0 Å². The zero-order valence-electron chi connectivity index (χ0n) is 5.79. The van der Waals surface area contributed by atoms with E-state index in [1.807, 2.05) is 19.0 Å². The topological polar surface area (TPSA) is 81.3 Å². The van der Waals surface area contributed by atoms with Gasteiger partial charge in [-0.2, -0.15) is 0 Å². The molecule has 58 valence electrons. The van der Waals surface area contributed by atoms with Crippen LogP contribution in [0.2, 0.25) is 0 Å². The summed E-state index contributed by atoms with van der Waals surface area (Å²) in [6, 6.07) is 0. The van der Waals surface area contributed by atoms with Gasteiger partial charge >= 0.3 is 0 Å². The van der Waals surface area contributed by atoms with Gasteiger partial charge in [0.15, 0.2) is 0 Å². The van der Waals surface area contributed by atoms with Crippen LogP contribution in [0.1, 0.15) is 0 Å². The predicted octanol–water partition coefficient (Wildman–Crippen LogP) is -1.34. The van der Waals surface area contributed by atoms with E-state index in [4.69, 9.17) is 17.2 Å². The van der Waals surface area contributed by atoms with Crippen molar-refractivity contribution in [1.82, 2.24) is 4.90 Å². The van der Waals surface area contributed by atoms with Crippen molar-refractivity contribution in [2.45, 2.75) is 5.79 Å². The second-order valence-electron chi connectivity index (χ2n) is 2.35. The SMILES string of the molecule is Br.CN(C)CC(N)(N)N. The third-order valence-corrected chi connectivity index (χ3v) is 0.590. The largest absolute Gasteiger partial charge is 0.305 e. The zero-order chi connectivity index (χ0) is 6.78. The van der Waals surface area contributed by atoms with Crippen LogP contribution in [0.4, 0.5) is 0 Å². The molecule has 0 fully saturated rings. The molecule has 0 spiro atoms. The molecular formula is C4H15BrN4. The van der Waals surface area contributed by atoms with E-state index in [1.54, 1.807) is 0 Å². The van der Waals surface area contributed by atoms with Crippen molar-refractivity contribution >= 4 is 17.0 Å². The molecule has 0 unspecified atom stereocenters. The summed E-state index contributed by atoms with van der Waals surface area (Å²) < 4.78 is 0. The first-order valence-electron chi connectivity index (χ1n) is 2.43. The highest BCUT2D eigenvalue weighted by Crippen LogP contribution is 1.79. The molecular weight excluding hydrogens is 184 g/mol. The van der Waals surface area contributed by atoms with Gasteiger partial charge in [-0.1, -0.05) is 0 Å². The lowest BCUT2D eigenvalue weighted by atomic mass is 10.4. The molecule has 0 heterocycles. The fourth-order valence-corrected chi connectivity index (χ4v) is 0.548. The van der Waals surface area contributed by atoms with Crippen LogP contribution in [-0.2, 0) is 0 Å². The van der Waals surface area contributed by atoms with Gasteiger partial charge in [-0.05, 0) is 14.1 Å². The van der Waals surface area contributed by atoms with Gasteiger partial charge in [0.1, 0.15) is 5.79 Å². The second-order valence-corrected chi connectivity index (χ2v) is 2.35. The average Bonchev–Trinajstić information content (AvgIpc) is 1.21. The molecule has 0 aliphatic rings. The Kier molecular flexibility index (Phi) is 5.60. The number of rotatable bonds is 2. The molecule has 0 aromatic rings. The van der Waals surface area contributed by atoms with Crippen LogP contribution in [-0.4, -0.2) is 31.3 Å². The summed E-state index contributed by atoms with van der Waals surface area (Å²) in [6.45, 7) is 0.493. The molecule has 0 aliphatic heterocycles. The van der Waals surface area contributed by atoms with Crippen molar-refractivity contribution in [3.05, 3.63) is 0 Å². The molecule has 4 nitrogen and oxygen atoms in total. The molecule has 0 saturated carbocycles. The first-order valence-corrected chi connectivity index (χ1v) is 2.43. The average molecular weight is 199 g/mol. The van der Waals surface area contributed by atoms with E-state index in [2.05, 4.69) is 0 Å². The fraction of sp³-hybridized carbons (Fsp3) is 1.00. The summed E-state index contributed by atoms with van der Waals surface area (Å²) in [4.78, 5) is 1.83. The van der Waals surface area contributed by atoms with Crippen LogP contribution >= 0.6 is 17.0 Å². The number of hydrogen-bond acceptors (Lipinski definition) is 4. The summed E-state index contributed by atoms with van der Waals surface area (Å²) >= 11 is 0. The minimum Gasteiger partial charge on any atom is -0.305 e. The summed E-state index contributed by atoms with van der Waals surface area (Å²) in [7, 11) is 3.72. The Morgan fingerprint density at radius 1 is 1.22 bits per heavy atom. The lowest BCUT2D eigenvalue weighted by molar-refractivity contribution is 0.295. The maximum atomic E-state index is 5.25. The van der Waals surface area contributed by atoms with Gasteiger partial charge in [0.05, 0.1) is 0 Å². The normalized spacial score (nSPS) is 11.3. The molecule has 0 atom stereocenters. The number of nitrogens with two attached hydrogens (primary N) is 3. The monoisotopic (exact) mass is 198 g/mol. The van der Waals surface area contributed by atoms with Gasteiger partial charge in [0.25, 0.3) is 0 Å². The molecule has 0 rings (SSSR count). The molecule has 6 N–H and O–H groups in total. The highest BCUT2D eigenvalue weighted by Gasteiger charge is 2.11. The number of nitrogens with zero attached hydrogens (tertiary/aromatic N) is 1. The summed E-state index contributed by atoms with van der Waals surface area (Å²) in [6.07, 6.45) is 0. The van der Waals surface area contributed by atoms with Gasteiger partial charge in [-0.3, -0.25) is 0 Å². The van der Waals surface area contributed by atoms with Crippen molar-refractivity contribution < 1.29 is 0 Å². The smallest absolute Gasteiger partial charge is 0.129 e. The van der Waals surface area contributed by atoms with Crippen LogP contribution in [0.3, 0.4) is 0 Å². The van der Waals surface area contributed by atoms with E-state index in [1.165, 1.54) is 0 Å². The van der Waals surface area contributed by atoms with Gasteiger partial charge < -0.3 is 22.1 Å². The van der Waals surface area contributed by atoms with Crippen molar-refractivity contribution in [1.29, 1.82) is 0 Å². The lowest BCUT2D eigenvalue weighted by Gasteiger charge is -2.22. The van der Waals surface area contributed by atoms with Crippen LogP contribution in [0.15, 0.2) is 0 Å². The Balaban J connectivity index is 0. The minimum atomic E-state index is -1.05. The van der Waals surface area contributed by atoms with Crippen molar-refractivity contribution in [2.24, 2.45) is 17.2 Å². The van der Waals surface area contributed by atoms with Crippen LogP contribution in [0.25, 0.3) is 0 Å². The Hall–Kier alpha value is 0.320. The van der Waals surface area contributed by atoms with E-state index in [-0.39, 0.29) is 17.0 Å². The number of hydrogen-bond donors (Lipinski definition) is 3. The predicted molar refractivity (Wildman–Crippen MR) is 44.2 cm³/mol. The van der Waals surface area contributed by atoms with Gasteiger partial charge in [0.2, 0.25) is 0 Å². The first-order chi connectivity index (χ1) is 3.42. The summed E-state index contributed by atoms with van der Waals surface area (Å²) in [5.41, 5.74) is 15.8. The molecule has 0 aliphatic carbocycles. The van der Waals surface area contributed by atoms with E-state index in [9.17, 15) is 0 Å². The molecule has 0 radical (unpaired) electrons. The summed E-state index contributed by atoms with van der Waals surface area (Å²) in [5, 5.41) is 0. The van der Waals surface area contributed by atoms with Crippen LogP contribution in [0.5, 0.6) is 0 Å². The molecule has 0 bridgehead atoms. The third kappa shape index (κ3) is 11.7. The van der Waals surface area contributed by atoms with Crippen LogP contribution in [0, 0.1) is 0 Å². The minimum absolute atomic E-state index is 0. The second kappa shape index (κ2) is 4.19. The molecule has 0 aromatic heterocycles. The Morgan fingerprint density at radius 2 is 1.56 bits per heavy atom. The lowest BCUT2D eigenvalue weighted by Crippen LogP contribution is -2.63. The molecule has 9 heavy (non-hydrogen) atoms. The van der Waals surface area contributed by atoms with Gasteiger partial charge in [0, 0.05) is 6.54 Å². The van der Waals surface area contributed by atoms with E-state index < -0.39 is 5.79 Å². The molecule has 0 aromatic carbocycles. The number of likely N-dealkylation sites (N-methyl/N-ethyl adjacent to an activating group) is 1. The Bertz CT molecular complexity index is 67.5.